The number of amides is 17. The van der Waals surface area contributed by atoms with Crippen molar-refractivity contribution in [2.75, 3.05) is 64.1 Å². The SMILES string of the molecule is CC(=O)N[C@@H](CS)C(=O)N[C@@H](CO)C(=O)N[C@H](C(=O)N[C@@H](Cc1c[nH]c2ccccc12)C(=O)N[C@@H](CCC(=O)O)C(=O)N[C@@H](CS)C(=O)N[C@@H](Cc1ccc(O)cc1)C(=O)N[C@@H](Cc1c[nH]c2ccccc12)C(=O)N[C@@H](CCCNC(N)=O)C(=O)N[C@@H](CN)C(=O)N[C@@H](Cc1ccc(O)cc1)C(=O)NCC(=O)NCCOCC(=O)N[C@H](CCCCN)C(N)=O)[C@@H](C)O. The maximum atomic E-state index is 15.3. The number of carbonyl (C=O) groups excluding carboxylic acids is 16. The van der Waals surface area contributed by atoms with Crippen molar-refractivity contribution in [3.05, 3.63) is 132 Å². The minimum atomic E-state index is -1.94. The van der Waals surface area contributed by atoms with Crippen molar-refractivity contribution >= 4 is 148 Å². The largest absolute Gasteiger partial charge is 0.508 e. The highest BCUT2D eigenvalue weighted by Crippen LogP contribution is 2.23. The molecule has 0 aliphatic heterocycles. The minimum Gasteiger partial charge on any atom is -0.508 e. The van der Waals surface area contributed by atoms with Crippen LogP contribution in [0.25, 0.3) is 21.8 Å². The van der Waals surface area contributed by atoms with Crippen molar-refractivity contribution in [3.8, 4) is 11.5 Å². The molecule has 0 radical (unpaired) electrons. The van der Waals surface area contributed by atoms with E-state index in [4.69, 9.17) is 27.7 Å². The molecule has 0 aliphatic carbocycles. The molecule has 127 heavy (non-hydrogen) atoms. The number of nitrogens with two attached hydrogens (primary N) is 4. The number of carboxylic acid groups (broad SMARTS) is 1. The average molecular weight is 1810 g/mol. The summed E-state index contributed by atoms with van der Waals surface area (Å²) < 4.78 is 5.32. The van der Waals surface area contributed by atoms with Gasteiger partial charge in [-0.05, 0) is 111 Å². The van der Waals surface area contributed by atoms with Gasteiger partial charge in [-0.2, -0.15) is 25.3 Å². The zero-order valence-electron chi connectivity index (χ0n) is 69.5. The van der Waals surface area contributed by atoms with E-state index in [0.717, 1.165) is 13.8 Å². The number of ether oxygens (including phenoxy) is 1. The summed E-state index contributed by atoms with van der Waals surface area (Å²) in [4.78, 5) is 238. The summed E-state index contributed by atoms with van der Waals surface area (Å²) in [6.45, 7) is -0.747. The maximum Gasteiger partial charge on any atom is 0.312 e. The Morgan fingerprint density at radius 3 is 1.34 bits per heavy atom. The number of rotatable bonds is 55. The number of thiol groups is 2. The second-order valence-electron chi connectivity index (χ2n) is 29.5. The van der Waals surface area contributed by atoms with Crippen molar-refractivity contribution in [1.29, 1.82) is 0 Å². The number of aliphatic hydroxyl groups is 2. The molecule has 0 saturated heterocycles. The molecule has 690 valence electrons. The Bertz CT molecular complexity index is 4790. The number of primary amides is 2. The molecule has 0 saturated carbocycles. The number of urea groups is 1. The quantitative estimate of drug-likeness (QED) is 0.0125. The Hall–Kier alpha value is -13.1. The van der Waals surface area contributed by atoms with E-state index >= 15 is 9.59 Å². The predicted octanol–water partition coefficient (Wildman–Crippen LogP) is -6.46. The van der Waals surface area contributed by atoms with Crippen LogP contribution in [-0.4, -0.2) is 279 Å². The van der Waals surface area contributed by atoms with Crippen molar-refractivity contribution in [2.45, 2.75) is 163 Å². The molecule has 0 unspecified atom stereocenters. The van der Waals surface area contributed by atoms with Gasteiger partial charge >= 0.3 is 12.0 Å². The molecule has 0 aliphatic rings. The summed E-state index contributed by atoms with van der Waals surface area (Å²) in [5.74, 6) is -17.5. The van der Waals surface area contributed by atoms with E-state index in [9.17, 15) is 97.5 Å². The van der Waals surface area contributed by atoms with Gasteiger partial charge in [0.05, 0.1) is 25.9 Å². The molecule has 4 aromatic carbocycles. The number of benzene rings is 4. The molecule has 13 atom stereocenters. The van der Waals surface area contributed by atoms with Crippen molar-refractivity contribution < 1.29 is 112 Å². The van der Waals surface area contributed by atoms with Gasteiger partial charge in [0, 0.05) is 104 Å². The third-order valence-electron chi connectivity index (χ3n) is 19.7. The Morgan fingerprint density at radius 2 is 0.866 bits per heavy atom. The third kappa shape index (κ3) is 34.4. The van der Waals surface area contributed by atoms with E-state index in [-0.39, 0.29) is 69.1 Å². The summed E-state index contributed by atoms with van der Waals surface area (Å²) in [7, 11) is 0. The lowest BCUT2D eigenvalue weighted by molar-refractivity contribution is -0.139. The molecular formula is C81H111N21O23S2. The highest BCUT2D eigenvalue weighted by Gasteiger charge is 2.39. The van der Waals surface area contributed by atoms with Gasteiger partial charge in [0.15, 0.2) is 0 Å². The topological polar surface area (TPSA) is 717 Å². The number of aromatic hydroxyl groups is 2. The van der Waals surface area contributed by atoms with Gasteiger partial charge in [0.2, 0.25) is 88.6 Å². The van der Waals surface area contributed by atoms with Gasteiger partial charge in [0.25, 0.3) is 0 Å². The summed E-state index contributed by atoms with van der Waals surface area (Å²) in [6, 6.07) is 3.85. The van der Waals surface area contributed by atoms with Gasteiger partial charge in [-0.25, -0.2) is 4.79 Å². The van der Waals surface area contributed by atoms with Gasteiger partial charge in [-0.1, -0.05) is 60.7 Å². The molecule has 6 rings (SSSR count). The fraction of sp³-hybridized carbons (Fsp3) is 0.444. The van der Waals surface area contributed by atoms with Crippen LogP contribution in [0.2, 0.25) is 0 Å². The number of H-pyrrole nitrogens is 2. The number of fused-ring (bicyclic) bond motifs is 2. The molecule has 17 amide bonds. The average Bonchev–Trinajstić information content (AvgIpc) is 1.71. The Labute approximate surface area is 738 Å². The summed E-state index contributed by atoms with van der Waals surface area (Å²) in [5, 5.41) is 89.3. The van der Waals surface area contributed by atoms with Crippen LogP contribution in [0.5, 0.6) is 11.5 Å². The molecule has 0 fully saturated rings. The monoisotopic (exact) mass is 1810 g/mol. The number of aromatic nitrogens is 2. The van der Waals surface area contributed by atoms with Crippen LogP contribution in [0.4, 0.5) is 4.79 Å². The van der Waals surface area contributed by atoms with E-state index < -0.39 is 237 Å². The lowest BCUT2D eigenvalue weighted by Gasteiger charge is -2.28. The van der Waals surface area contributed by atoms with Crippen LogP contribution < -0.4 is 103 Å². The number of aromatic amines is 2. The van der Waals surface area contributed by atoms with Gasteiger partial charge in [0.1, 0.15) is 90.6 Å². The lowest BCUT2D eigenvalue weighted by Crippen LogP contribution is -2.62. The first kappa shape index (κ1) is 103. The fourth-order valence-corrected chi connectivity index (χ4v) is 13.4. The molecule has 2 aromatic heterocycles. The number of phenolic OH excluding ortho intramolecular Hbond substituents is 2. The van der Waals surface area contributed by atoms with Crippen LogP contribution in [0.3, 0.4) is 0 Å². The summed E-state index contributed by atoms with van der Waals surface area (Å²) >= 11 is 8.39. The van der Waals surface area contributed by atoms with E-state index in [1.807, 2.05) is 0 Å². The number of phenols is 2. The third-order valence-corrected chi connectivity index (χ3v) is 20.4. The zero-order valence-corrected chi connectivity index (χ0v) is 71.3. The second kappa shape index (κ2) is 52.6. The van der Waals surface area contributed by atoms with Gasteiger partial charge < -0.3 is 143 Å². The lowest BCUT2D eigenvalue weighted by atomic mass is 10.0. The Kier molecular flexibility index (Phi) is 42.5. The number of aliphatic carboxylic acids is 1. The van der Waals surface area contributed by atoms with Crippen LogP contribution in [0.15, 0.2) is 109 Å². The van der Waals surface area contributed by atoms with Gasteiger partial charge in [-0.3, -0.25) is 76.7 Å². The molecule has 6 aromatic rings. The molecule has 30 N–H and O–H groups in total. The standard InChI is InChI=1S/C81H111N21O23S2/c1-42(104)68(102-77(120)62(38-103)100-78(121)63(40-126)91-43(2)105)80(123)98-60(33-47-36-89-53-13-6-4-11-51(47)53)75(118)94-56(24-25-67(110)111)72(115)101-64(41-127)79(122)96-58(31-45-18-22-49(107)23-19-45)73(116)97-59(32-46-35-88-52-12-5-3-10-50(46)52)74(117)93-55(15-9-27-87-81(85)124)71(114)99-61(34-83)76(119)95-57(30-44-16-20-48(106)21-17-44)70(113)90-37-65(108)86-28-29-125-39-66(109)92-54(69(84)112)14-7-8-26-82/h3-6,10-13,16-23,35-36,42,54-64,68,88-89,103-104,106-107,126-127H,7-9,14-15,24-34,37-41,82-83H2,1-2H3,(H2,84,112)(H,86,108)(H,90,113)(H,91,105)(H,92,109)(H,93,117)(H,94,118)(H,95,119)(H,96,122)(H,97,116)(H,98,123)(H,99,114)(H,100,121)(H,101,115)(H,102,120)(H,110,111)(H3,85,87,124)/t42-,54-,55+,56+,57+,58+,59+,60+,61+,62+,63+,64+,68+/m1/s1. The van der Waals surface area contributed by atoms with Crippen molar-refractivity contribution in [2.24, 2.45) is 22.9 Å². The molecule has 0 spiro atoms. The molecule has 44 nitrogen and oxygen atoms in total. The summed E-state index contributed by atoms with van der Waals surface area (Å²) in [6.07, 6.45) is -0.634. The van der Waals surface area contributed by atoms with Crippen LogP contribution in [-0.2, 0) is 107 Å². The smallest absolute Gasteiger partial charge is 0.312 e. The second-order valence-corrected chi connectivity index (χ2v) is 30.2. The number of para-hydroxylation sites is 2. The summed E-state index contributed by atoms with van der Waals surface area (Å²) in [5.41, 5.74) is 25.1. The highest BCUT2D eigenvalue weighted by atomic mass is 32.1. The maximum absolute atomic E-state index is 15.3. The Morgan fingerprint density at radius 1 is 0.441 bits per heavy atom. The number of hydrogen-bond acceptors (Lipinski definition) is 26. The van der Waals surface area contributed by atoms with Crippen LogP contribution in [0, 0.1) is 0 Å². The van der Waals surface area contributed by atoms with E-state index in [1.54, 1.807) is 54.7 Å². The zero-order chi connectivity index (χ0) is 93.4. The molecule has 46 heteroatoms. The predicted molar refractivity (Wildman–Crippen MR) is 465 cm³/mol. The van der Waals surface area contributed by atoms with Crippen LogP contribution in [0.1, 0.15) is 81.0 Å². The first-order valence-corrected chi connectivity index (χ1v) is 41.7. The first-order valence-electron chi connectivity index (χ1n) is 40.4. The van der Waals surface area contributed by atoms with Crippen molar-refractivity contribution in [1.82, 2.24) is 89.7 Å². The number of unbranched alkanes of at least 4 members (excludes halogenated alkanes) is 1. The molecule has 0 bridgehead atoms. The Balaban J connectivity index is 1.24. The first-order chi connectivity index (χ1) is 60.5. The number of hydrogen-bond donors (Lipinski definition) is 28. The normalized spacial score (nSPS) is 14.2. The van der Waals surface area contributed by atoms with E-state index in [0.29, 0.717) is 63.4 Å². The van der Waals surface area contributed by atoms with Gasteiger partial charge in [-0.15, -0.1) is 0 Å². The molecular weight excluding hydrogens is 1700 g/mol. The number of carboxylic acids is 1. The minimum absolute atomic E-state index is 0.0853. The van der Waals surface area contributed by atoms with E-state index in [1.165, 1.54) is 54.7 Å². The number of carbonyl (C=O) groups is 17. The fourth-order valence-electron chi connectivity index (χ4n) is 12.9. The van der Waals surface area contributed by atoms with E-state index in [2.05, 4.69) is 115 Å². The number of aliphatic hydroxyl groups excluding tert-OH is 2. The molecule has 2 heterocycles. The van der Waals surface area contributed by atoms with Crippen molar-refractivity contribution in [3.63, 3.8) is 0 Å². The number of nitrogens with one attached hydrogen (secondary N) is 17. The van der Waals surface area contributed by atoms with Crippen LogP contribution >= 0.6 is 25.3 Å². The highest BCUT2D eigenvalue weighted by molar-refractivity contribution is 7.80.